The van der Waals surface area contributed by atoms with E-state index in [1.807, 2.05) is 6.07 Å². The van der Waals surface area contributed by atoms with E-state index in [0.717, 1.165) is 4.90 Å². The molecule has 2 heterocycles. The maximum absolute atomic E-state index is 7.29. The molecule has 0 aliphatic heterocycles. The molecule has 0 aliphatic rings. The number of pyridine rings is 1. The van der Waals surface area contributed by atoms with Crippen molar-refractivity contribution >= 4 is 17.6 Å². The average Bonchev–Trinajstić information content (AvgIpc) is 2.30. The van der Waals surface area contributed by atoms with E-state index >= 15 is 0 Å². The molecule has 6 heteroatoms. The minimum Gasteiger partial charge on any atom is -0.382 e. The van der Waals surface area contributed by atoms with Crippen LogP contribution in [0.1, 0.15) is 5.69 Å². The number of nitrogens with one attached hydrogen (secondary N) is 1. The van der Waals surface area contributed by atoms with Crippen molar-refractivity contribution in [2.24, 2.45) is 5.73 Å². The van der Waals surface area contributed by atoms with Gasteiger partial charge in [-0.2, -0.15) is 0 Å². The second-order valence-corrected chi connectivity index (χ2v) is 3.96. The fourth-order valence-electron chi connectivity index (χ4n) is 1.07. The molecule has 0 aromatic carbocycles. The molecule has 2 aromatic rings. The van der Waals surface area contributed by atoms with Gasteiger partial charge in [0.25, 0.3) is 0 Å². The third-order valence-corrected chi connectivity index (χ3v) is 2.64. The van der Waals surface area contributed by atoms with E-state index in [4.69, 9.17) is 11.1 Å². The quantitative estimate of drug-likeness (QED) is 0.472. The summed E-state index contributed by atoms with van der Waals surface area (Å²) in [5, 5.41) is 7.94. The average molecular weight is 231 g/mol. The maximum Gasteiger partial charge on any atom is 0.192 e. The lowest BCUT2D eigenvalue weighted by Gasteiger charge is -2.01. The van der Waals surface area contributed by atoms with Gasteiger partial charge in [-0.25, -0.2) is 9.97 Å². The summed E-state index contributed by atoms with van der Waals surface area (Å²) in [6.45, 7) is 0. The lowest BCUT2D eigenvalue weighted by molar-refractivity contribution is 0.966. The van der Waals surface area contributed by atoms with Gasteiger partial charge in [-0.05, 0) is 30.0 Å². The summed E-state index contributed by atoms with van der Waals surface area (Å²) >= 11 is 1.40. The van der Waals surface area contributed by atoms with Crippen molar-refractivity contribution in [2.75, 3.05) is 0 Å². The summed E-state index contributed by atoms with van der Waals surface area (Å²) in [5.74, 6) is -0.0450. The van der Waals surface area contributed by atoms with E-state index in [2.05, 4.69) is 15.0 Å². The number of aromatic nitrogens is 3. The third kappa shape index (κ3) is 2.54. The summed E-state index contributed by atoms with van der Waals surface area (Å²) < 4.78 is 0. The van der Waals surface area contributed by atoms with E-state index in [0.29, 0.717) is 10.9 Å². The zero-order valence-electron chi connectivity index (χ0n) is 8.29. The number of rotatable bonds is 3. The molecule has 0 atom stereocenters. The minimum absolute atomic E-state index is 0.0450. The zero-order chi connectivity index (χ0) is 11.4. The molecule has 2 aromatic heterocycles. The highest BCUT2D eigenvalue weighted by Gasteiger charge is 2.03. The first kappa shape index (κ1) is 10.6. The predicted octanol–water partition coefficient (Wildman–Crippen LogP) is 1.31. The Kier molecular flexibility index (Phi) is 3.11. The Balaban J connectivity index is 2.22. The monoisotopic (exact) mass is 231 g/mol. The van der Waals surface area contributed by atoms with Crippen molar-refractivity contribution in [1.29, 1.82) is 5.41 Å². The van der Waals surface area contributed by atoms with Crippen LogP contribution in [0.2, 0.25) is 0 Å². The summed E-state index contributed by atoms with van der Waals surface area (Å²) in [6, 6.07) is 5.33. The molecule has 0 bridgehead atoms. The fraction of sp³-hybridized carbons (Fsp3) is 0. The van der Waals surface area contributed by atoms with Gasteiger partial charge in [-0.3, -0.25) is 10.4 Å². The Morgan fingerprint density at radius 1 is 1.19 bits per heavy atom. The van der Waals surface area contributed by atoms with E-state index in [1.54, 1.807) is 30.7 Å². The van der Waals surface area contributed by atoms with Crippen molar-refractivity contribution in [3.8, 4) is 0 Å². The van der Waals surface area contributed by atoms with E-state index in [1.165, 1.54) is 11.8 Å². The summed E-state index contributed by atoms with van der Waals surface area (Å²) in [5.41, 5.74) is 5.82. The summed E-state index contributed by atoms with van der Waals surface area (Å²) in [4.78, 5) is 13.1. The molecule has 2 rings (SSSR count). The van der Waals surface area contributed by atoms with Crippen molar-refractivity contribution in [1.82, 2.24) is 15.0 Å². The van der Waals surface area contributed by atoms with Crippen LogP contribution >= 0.6 is 11.8 Å². The molecule has 0 aliphatic carbocycles. The molecule has 0 amide bonds. The molecule has 0 saturated carbocycles. The Morgan fingerprint density at radius 2 is 1.94 bits per heavy atom. The van der Waals surface area contributed by atoms with Gasteiger partial charge in [-0.15, -0.1) is 0 Å². The van der Waals surface area contributed by atoms with Crippen LogP contribution in [0.25, 0.3) is 0 Å². The van der Waals surface area contributed by atoms with E-state index in [9.17, 15) is 0 Å². The van der Waals surface area contributed by atoms with Crippen LogP contribution in [0.4, 0.5) is 0 Å². The molecule has 0 radical (unpaired) electrons. The molecule has 0 saturated heterocycles. The minimum atomic E-state index is -0.0450. The van der Waals surface area contributed by atoms with Gasteiger partial charge in [0.05, 0.1) is 0 Å². The number of nitrogens with two attached hydrogens (primary N) is 1. The number of hydrogen-bond donors (Lipinski definition) is 2. The van der Waals surface area contributed by atoms with Crippen LogP contribution in [0.15, 0.2) is 46.8 Å². The van der Waals surface area contributed by atoms with Crippen molar-refractivity contribution in [3.05, 3.63) is 42.5 Å². The molecule has 3 N–H and O–H groups in total. The van der Waals surface area contributed by atoms with E-state index < -0.39 is 0 Å². The highest BCUT2D eigenvalue weighted by molar-refractivity contribution is 7.99. The van der Waals surface area contributed by atoms with Crippen molar-refractivity contribution in [2.45, 2.75) is 10.1 Å². The van der Waals surface area contributed by atoms with E-state index in [-0.39, 0.29) is 5.84 Å². The SMILES string of the molecule is N=C(N)c1cc(Sc2ncccn2)ccn1. The largest absolute Gasteiger partial charge is 0.382 e. The molecule has 16 heavy (non-hydrogen) atoms. The van der Waals surface area contributed by atoms with Crippen molar-refractivity contribution < 1.29 is 0 Å². The number of amidine groups is 1. The van der Waals surface area contributed by atoms with Crippen LogP contribution in [0, 0.1) is 5.41 Å². The molecule has 5 nitrogen and oxygen atoms in total. The standard InChI is InChI=1S/C10H9N5S/c11-9(12)8-6-7(2-5-13-8)16-10-14-3-1-4-15-10/h1-6H,(H3,11,12). The molecular weight excluding hydrogens is 222 g/mol. The number of nitrogen functional groups attached to an aromatic ring is 1. The van der Waals surface area contributed by atoms with Crippen LogP contribution in [-0.2, 0) is 0 Å². The lowest BCUT2D eigenvalue weighted by Crippen LogP contribution is -2.12. The molecule has 0 spiro atoms. The van der Waals surface area contributed by atoms with Gasteiger partial charge in [0.2, 0.25) is 0 Å². The zero-order valence-corrected chi connectivity index (χ0v) is 9.11. The first-order chi connectivity index (χ1) is 7.75. The predicted molar refractivity (Wildman–Crippen MR) is 61.4 cm³/mol. The van der Waals surface area contributed by atoms with Gasteiger partial charge in [0, 0.05) is 23.5 Å². The lowest BCUT2D eigenvalue weighted by atomic mass is 10.3. The third-order valence-electron chi connectivity index (χ3n) is 1.76. The Bertz CT molecular complexity index is 500. The van der Waals surface area contributed by atoms with Gasteiger partial charge in [0.15, 0.2) is 5.16 Å². The highest BCUT2D eigenvalue weighted by atomic mass is 32.2. The van der Waals surface area contributed by atoms with Gasteiger partial charge in [0.1, 0.15) is 11.5 Å². The Morgan fingerprint density at radius 3 is 2.62 bits per heavy atom. The van der Waals surface area contributed by atoms with Gasteiger partial charge in [-0.1, -0.05) is 0 Å². The van der Waals surface area contributed by atoms with Crippen LogP contribution < -0.4 is 5.73 Å². The molecular formula is C10H9N5S. The topological polar surface area (TPSA) is 88.5 Å². The van der Waals surface area contributed by atoms with Crippen LogP contribution in [-0.4, -0.2) is 20.8 Å². The fourth-order valence-corrected chi connectivity index (χ4v) is 1.80. The van der Waals surface area contributed by atoms with Crippen LogP contribution in [0.3, 0.4) is 0 Å². The number of hydrogen-bond acceptors (Lipinski definition) is 5. The maximum atomic E-state index is 7.29. The smallest absolute Gasteiger partial charge is 0.192 e. The normalized spacial score (nSPS) is 10.0. The Hall–Kier alpha value is -1.95. The van der Waals surface area contributed by atoms with Crippen molar-refractivity contribution in [3.63, 3.8) is 0 Å². The molecule has 0 unspecified atom stereocenters. The van der Waals surface area contributed by atoms with Crippen LogP contribution in [0.5, 0.6) is 0 Å². The van der Waals surface area contributed by atoms with Gasteiger partial charge < -0.3 is 5.73 Å². The highest BCUT2D eigenvalue weighted by Crippen LogP contribution is 2.23. The first-order valence-corrected chi connectivity index (χ1v) is 5.32. The second kappa shape index (κ2) is 4.71. The summed E-state index contributed by atoms with van der Waals surface area (Å²) in [7, 11) is 0. The first-order valence-electron chi connectivity index (χ1n) is 4.51. The number of nitrogens with zero attached hydrogens (tertiary/aromatic N) is 3. The molecule has 80 valence electrons. The van der Waals surface area contributed by atoms with Gasteiger partial charge >= 0.3 is 0 Å². The second-order valence-electron chi connectivity index (χ2n) is 2.92. The Labute approximate surface area is 96.7 Å². The summed E-state index contributed by atoms with van der Waals surface area (Å²) in [6.07, 6.45) is 4.98. The molecule has 0 fully saturated rings.